The molecular weight excluding hydrogens is 432 g/mol. The molecule has 0 unspecified atom stereocenters. The normalized spacial score (nSPS) is 11.8. The van der Waals surface area contributed by atoms with Gasteiger partial charge in [0.2, 0.25) is 0 Å². The summed E-state index contributed by atoms with van der Waals surface area (Å²) in [5.41, 5.74) is 3.61. The molecule has 0 fully saturated rings. The van der Waals surface area contributed by atoms with Crippen LogP contribution in [-0.2, 0) is 6.42 Å². The standard InChI is InChI=1S/C27H22N2O3S/c1-2-8-20-10-3-6-14-24(20)32-16-15-31-21-11-7-9-19(17-21)18-25-26(30)29-23-13-5-4-12-22(23)28-27(29)33-25/h2-7,9-14,17-18H,1,8,15-16H2. The van der Waals surface area contributed by atoms with Crippen molar-refractivity contribution in [2.24, 2.45) is 0 Å². The molecule has 0 bridgehead atoms. The van der Waals surface area contributed by atoms with Crippen molar-refractivity contribution >= 4 is 33.4 Å². The van der Waals surface area contributed by atoms with E-state index in [-0.39, 0.29) is 5.56 Å². The third kappa shape index (κ3) is 4.38. The lowest BCUT2D eigenvalue weighted by molar-refractivity contribution is 0.216. The number of nitrogens with zero attached hydrogens (tertiary/aromatic N) is 2. The van der Waals surface area contributed by atoms with E-state index in [1.807, 2.05) is 84.9 Å². The van der Waals surface area contributed by atoms with Gasteiger partial charge in [-0.3, -0.25) is 4.79 Å². The van der Waals surface area contributed by atoms with Gasteiger partial charge in [0.1, 0.15) is 24.7 Å². The maximum atomic E-state index is 13.0. The van der Waals surface area contributed by atoms with Crippen molar-refractivity contribution in [3.63, 3.8) is 0 Å². The molecule has 0 aliphatic carbocycles. The van der Waals surface area contributed by atoms with Gasteiger partial charge in [0.05, 0.1) is 15.6 Å². The molecule has 5 nitrogen and oxygen atoms in total. The highest BCUT2D eigenvalue weighted by molar-refractivity contribution is 7.15. The number of aromatic nitrogens is 2. The van der Waals surface area contributed by atoms with E-state index < -0.39 is 0 Å². The Morgan fingerprint density at radius 2 is 1.79 bits per heavy atom. The predicted octanol–water partition coefficient (Wildman–Crippen LogP) is 4.64. The monoisotopic (exact) mass is 454 g/mol. The molecule has 5 rings (SSSR count). The van der Waals surface area contributed by atoms with E-state index in [0.29, 0.717) is 22.7 Å². The Labute approximate surface area is 194 Å². The molecular formula is C27H22N2O3S. The zero-order chi connectivity index (χ0) is 22.6. The topological polar surface area (TPSA) is 52.8 Å². The van der Waals surface area contributed by atoms with E-state index in [1.165, 1.54) is 11.3 Å². The van der Waals surface area contributed by atoms with Gasteiger partial charge in [0.15, 0.2) is 4.96 Å². The molecule has 164 valence electrons. The molecule has 0 aliphatic rings. The van der Waals surface area contributed by atoms with Gasteiger partial charge in [-0.25, -0.2) is 9.38 Å². The minimum absolute atomic E-state index is 0.0541. The third-order valence-electron chi connectivity index (χ3n) is 5.25. The number of thiazole rings is 1. The number of rotatable bonds is 8. The van der Waals surface area contributed by atoms with Crippen LogP contribution < -0.4 is 19.6 Å². The van der Waals surface area contributed by atoms with Gasteiger partial charge in [0, 0.05) is 0 Å². The molecule has 0 radical (unpaired) electrons. The Balaban J connectivity index is 1.30. The lowest BCUT2D eigenvalue weighted by Crippen LogP contribution is -2.22. The van der Waals surface area contributed by atoms with E-state index in [1.54, 1.807) is 4.40 Å². The Kier molecular flexibility index (Phi) is 5.91. The van der Waals surface area contributed by atoms with Crippen molar-refractivity contribution in [3.8, 4) is 11.5 Å². The summed E-state index contributed by atoms with van der Waals surface area (Å²) >= 11 is 1.39. The van der Waals surface area contributed by atoms with Crippen LogP contribution in [0.2, 0.25) is 0 Å². The third-order valence-corrected chi connectivity index (χ3v) is 6.22. The average molecular weight is 455 g/mol. The molecule has 2 heterocycles. The summed E-state index contributed by atoms with van der Waals surface area (Å²) in [6, 6.07) is 23.3. The first kappa shape index (κ1) is 21.0. The highest BCUT2D eigenvalue weighted by Gasteiger charge is 2.10. The fraction of sp³-hybridized carbons (Fsp3) is 0.111. The fourth-order valence-electron chi connectivity index (χ4n) is 3.74. The SMILES string of the molecule is C=CCc1ccccc1OCCOc1cccc(C=c2sc3nc4ccccc4n3c2=O)c1. The second kappa shape index (κ2) is 9.30. The molecule has 5 aromatic rings. The lowest BCUT2D eigenvalue weighted by atomic mass is 10.1. The first-order valence-corrected chi connectivity index (χ1v) is 11.5. The first-order chi connectivity index (χ1) is 16.2. The van der Waals surface area contributed by atoms with Gasteiger partial charge in [-0.05, 0) is 54.0 Å². The number of hydrogen-bond acceptors (Lipinski definition) is 5. The van der Waals surface area contributed by atoms with E-state index in [9.17, 15) is 4.79 Å². The minimum Gasteiger partial charge on any atom is -0.490 e. The zero-order valence-electron chi connectivity index (χ0n) is 17.9. The number of benzene rings is 3. The smallest absolute Gasteiger partial charge is 0.274 e. The van der Waals surface area contributed by atoms with E-state index in [4.69, 9.17) is 9.47 Å². The number of hydrogen-bond donors (Lipinski definition) is 0. The van der Waals surface area contributed by atoms with Crippen LogP contribution in [0.3, 0.4) is 0 Å². The molecule has 33 heavy (non-hydrogen) atoms. The summed E-state index contributed by atoms with van der Waals surface area (Å²) in [6.45, 7) is 4.64. The Hall–Kier alpha value is -3.90. The highest BCUT2D eigenvalue weighted by Crippen LogP contribution is 2.19. The number of para-hydroxylation sites is 3. The van der Waals surface area contributed by atoms with E-state index in [2.05, 4.69) is 11.6 Å². The second-order valence-corrected chi connectivity index (χ2v) is 8.51. The van der Waals surface area contributed by atoms with Crippen molar-refractivity contribution in [1.29, 1.82) is 0 Å². The second-order valence-electron chi connectivity index (χ2n) is 7.50. The van der Waals surface area contributed by atoms with Crippen LogP contribution in [0.25, 0.3) is 22.1 Å². The molecule has 0 N–H and O–H groups in total. The number of imidazole rings is 1. The molecule has 0 amide bonds. The van der Waals surface area contributed by atoms with Gasteiger partial charge >= 0.3 is 0 Å². The van der Waals surface area contributed by atoms with Crippen molar-refractivity contribution in [3.05, 3.63) is 111 Å². The average Bonchev–Trinajstić information content (AvgIpc) is 3.34. The molecule has 0 aliphatic heterocycles. The molecule has 3 aromatic carbocycles. The van der Waals surface area contributed by atoms with Crippen LogP contribution in [0, 0.1) is 0 Å². The molecule has 2 aromatic heterocycles. The van der Waals surface area contributed by atoms with E-state index in [0.717, 1.165) is 40.1 Å². The Bertz CT molecular complexity index is 1550. The van der Waals surface area contributed by atoms with Crippen molar-refractivity contribution in [2.75, 3.05) is 13.2 Å². The first-order valence-electron chi connectivity index (χ1n) is 10.7. The molecule has 0 spiro atoms. The lowest BCUT2D eigenvalue weighted by Gasteiger charge is -2.11. The molecule has 6 heteroatoms. The van der Waals surface area contributed by atoms with Gasteiger partial charge in [-0.1, -0.05) is 59.9 Å². The maximum absolute atomic E-state index is 13.0. The van der Waals surface area contributed by atoms with Crippen LogP contribution in [-0.4, -0.2) is 22.6 Å². The Morgan fingerprint density at radius 1 is 0.970 bits per heavy atom. The van der Waals surface area contributed by atoms with Gasteiger partial charge in [-0.2, -0.15) is 0 Å². The van der Waals surface area contributed by atoms with Crippen molar-refractivity contribution in [2.45, 2.75) is 6.42 Å². The number of allylic oxidation sites excluding steroid dienone is 1. The van der Waals surface area contributed by atoms with Crippen LogP contribution in [0.15, 0.2) is 90.2 Å². The van der Waals surface area contributed by atoms with Crippen LogP contribution in [0.5, 0.6) is 11.5 Å². The maximum Gasteiger partial charge on any atom is 0.274 e. The quantitative estimate of drug-likeness (QED) is 0.253. The van der Waals surface area contributed by atoms with Gasteiger partial charge < -0.3 is 9.47 Å². The summed E-state index contributed by atoms with van der Waals surface area (Å²) in [6.07, 6.45) is 4.51. The fourth-order valence-corrected chi connectivity index (χ4v) is 4.72. The van der Waals surface area contributed by atoms with Crippen molar-refractivity contribution < 1.29 is 9.47 Å². The van der Waals surface area contributed by atoms with Gasteiger partial charge in [0.25, 0.3) is 5.56 Å². The number of ether oxygens (including phenoxy) is 2. The predicted molar refractivity (Wildman–Crippen MR) is 133 cm³/mol. The van der Waals surface area contributed by atoms with E-state index >= 15 is 0 Å². The summed E-state index contributed by atoms with van der Waals surface area (Å²) in [5.74, 6) is 1.58. The summed E-state index contributed by atoms with van der Waals surface area (Å²) < 4.78 is 14.1. The minimum atomic E-state index is -0.0541. The van der Waals surface area contributed by atoms with Crippen molar-refractivity contribution in [1.82, 2.24) is 9.38 Å². The Morgan fingerprint density at radius 3 is 2.70 bits per heavy atom. The van der Waals surface area contributed by atoms with Gasteiger partial charge in [-0.15, -0.1) is 6.58 Å². The highest BCUT2D eigenvalue weighted by atomic mass is 32.1. The van der Waals surface area contributed by atoms with Crippen LogP contribution in [0.4, 0.5) is 0 Å². The molecule has 0 saturated heterocycles. The largest absolute Gasteiger partial charge is 0.490 e. The zero-order valence-corrected chi connectivity index (χ0v) is 18.8. The summed E-state index contributed by atoms with van der Waals surface area (Å²) in [7, 11) is 0. The van der Waals surface area contributed by atoms with Crippen LogP contribution >= 0.6 is 11.3 Å². The molecule has 0 atom stereocenters. The van der Waals surface area contributed by atoms with Crippen LogP contribution in [0.1, 0.15) is 11.1 Å². The summed E-state index contributed by atoms with van der Waals surface area (Å²) in [5, 5.41) is 0. The summed E-state index contributed by atoms with van der Waals surface area (Å²) in [4.78, 5) is 18.2. The number of fused-ring (bicyclic) bond motifs is 3. The molecule has 0 saturated carbocycles.